The number of fused-ring (bicyclic) bond motifs is 1. The Morgan fingerprint density at radius 1 is 1.03 bits per heavy atom. The average Bonchev–Trinajstić information content (AvgIpc) is 3.08. The van der Waals surface area contributed by atoms with Crippen LogP contribution in [0.2, 0.25) is 0 Å². The first kappa shape index (κ1) is 20.8. The Bertz CT molecular complexity index is 1310. The van der Waals surface area contributed by atoms with Crippen molar-refractivity contribution in [3.05, 3.63) is 82.6 Å². The number of hydrogen-bond donors (Lipinski definition) is 0. The van der Waals surface area contributed by atoms with Crippen molar-refractivity contribution in [2.45, 2.75) is 18.4 Å². The summed E-state index contributed by atoms with van der Waals surface area (Å²) in [5.74, 6) is 0. The lowest BCUT2D eigenvalue weighted by Crippen LogP contribution is -2.12. The fourth-order valence-electron chi connectivity index (χ4n) is 3.45. The highest BCUT2D eigenvalue weighted by molar-refractivity contribution is 9.10. The smallest absolute Gasteiger partial charge is 0.269 e. The van der Waals surface area contributed by atoms with Crippen LogP contribution < -0.4 is 0 Å². The lowest BCUT2D eigenvalue weighted by Gasteiger charge is -2.10. The first-order valence-corrected chi connectivity index (χ1v) is 11.7. The Kier molecular flexibility index (Phi) is 5.53. The molecule has 0 aliphatic heterocycles. The van der Waals surface area contributed by atoms with Crippen molar-refractivity contribution in [3.8, 4) is 11.1 Å². The maximum Gasteiger partial charge on any atom is 0.269 e. The van der Waals surface area contributed by atoms with Crippen LogP contribution in [0, 0.1) is 6.92 Å². The van der Waals surface area contributed by atoms with Gasteiger partial charge in [-0.1, -0.05) is 42.0 Å². The van der Waals surface area contributed by atoms with Gasteiger partial charge < -0.3 is 4.90 Å². The molecule has 0 unspecified atom stereocenters. The van der Waals surface area contributed by atoms with Crippen LogP contribution in [-0.4, -0.2) is 36.4 Å². The molecule has 0 aliphatic carbocycles. The summed E-state index contributed by atoms with van der Waals surface area (Å²) in [6.07, 6.45) is 3.29. The van der Waals surface area contributed by atoms with Gasteiger partial charge >= 0.3 is 0 Å². The van der Waals surface area contributed by atoms with E-state index in [9.17, 15) is 8.42 Å². The zero-order chi connectivity index (χ0) is 21.5. The third-order valence-electron chi connectivity index (χ3n) is 4.92. The number of aryl methyl sites for hydroxylation is 1. The minimum absolute atomic E-state index is 0.239. The standard InChI is InChI=1S/C23H22BrN3O2S/c1-16-4-10-20(11-5-16)30(28,29)27-15-22(21-12-19(24)13-25-23(21)27)18-8-6-17(7-9-18)14-26(2)3/h4-13,15H,14H2,1-3H3. The first-order valence-electron chi connectivity index (χ1n) is 9.48. The van der Waals surface area contributed by atoms with E-state index in [1.54, 1.807) is 36.7 Å². The van der Waals surface area contributed by atoms with E-state index in [0.717, 1.165) is 33.1 Å². The van der Waals surface area contributed by atoms with Crippen molar-refractivity contribution >= 4 is 37.0 Å². The molecule has 2 aromatic carbocycles. The van der Waals surface area contributed by atoms with E-state index in [4.69, 9.17) is 0 Å². The number of halogens is 1. The zero-order valence-electron chi connectivity index (χ0n) is 17.0. The highest BCUT2D eigenvalue weighted by Gasteiger charge is 2.23. The molecule has 4 rings (SSSR count). The topological polar surface area (TPSA) is 55.2 Å². The summed E-state index contributed by atoms with van der Waals surface area (Å²) in [6, 6.07) is 17.0. The highest BCUT2D eigenvalue weighted by atomic mass is 79.9. The lowest BCUT2D eigenvalue weighted by atomic mass is 10.0. The minimum atomic E-state index is -3.77. The third kappa shape index (κ3) is 3.93. The van der Waals surface area contributed by atoms with Gasteiger partial charge in [0.05, 0.1) is 4.90 Å². The molecule has 0 saturated heterocycles. The molecule has 7 heteroatoms. The van der Waals surface area contributed by atoms with E-state index < -0.39 is 10.0 Å². The van der Waals surface area contributed by atoms with Crippen molar-refractivity contribution in [2.75, 3.05) is 14.1 Å². The van der Waals surface area contributed by atoms with Crippen molar-refractivity contribution in [3.63, 3.8) is 0 Å². The predicted octanol–water partition coefficient (Wildman–Crippen LogP) is 5.07. The number of hydrogen-bond acceptors (Lipinski definition) is 4. The van der Waals surface area contributed by atoms with Crippen LogP contribution in [-0.2, 0) is 16.6 Å². The van der Waals surface area contributed by atoms with Gasteiger partial charge in [-0.2, -0.15) is 0 Å². The average molecular weight is 484 g/mol. The summed E-state index contributed by atoms with van der Waals surface area (Å²) in [4.78, 5) is 6.77. The normalized spacial score (nSPS) is 12.0. The molecule has 0 spiro atoms. The third-order valence-corrected chi connectivity index (χ3v) is 7.02. The largest absolute Gasteiger partial charge is 0.305 e. The summed E-state index contributed by atoms with van der Waals surface area (Å²) >= 11 is 3.46. The summed E-state index contributed by atoms with van der Waals surface area (Å²) < 4.78 is 28.8. The SMILES string of the molecule is Cc1ccc(S(=O)(=O)n2cc(-c3ccc(CN(C)C)cc3)c3cc(Br)cnc32)cc1. The molecule has 0 bridgehead atoms. The molecule has 30 heavy (non-hydrogen) atoms. The van der Waals surface area contributed by atoms with Crippen LogP contribution in [0.5, 0.6) is 0 Å². The van der Waals surface area contributed by atoms with Gasteiger partial charge in [-0.15, -0.1) is 0 Å². The molecule has 4 aromatic rings. The van der Waals surface area contributed by atoms with E-state index in [1.165, 1.54) is 9.54 Å². The fourth-order valence-corrected chi connectivity index (χ4v) is 5.10. The van der Waals surface area contributed by atoms with Gasteiger partial charge in [0.2, 0.25) is 0 Å². The molecule has 2 aromatic heterocycles. The van der Waals surface area contributed by atoms with Crippen LogP contribution >= 0.6 is 15.9 Å². The van der Waals surface area contributed by atoms with E-state index >= 15 is 0 Å². The second kappa shape index (κ2) is 7.98. The molecule has 0 N–H and O–H groups in total. The van der Waals surface area contributed by atoms with Gasteiger partial charge in [0.25, 0.3) is 10.0 Å². The Morgan fingerprint density at radius 3 is 2.33 bits per heavy atom. The van der Waals surface area contributed by atoms with Crippen LogP contribution in [0.25, 0.3) is 22.2 Å². The number of rotatable bonds is 5. The second-order valence-electron chi connectivity index (χ2n) is 7.62. The number of nitrogens with zero attached hydrogens (tertiary/aromatic N) is 3. The monoisotopic (exact) mass is 483 g/mol. The molecule has 0 radical (unpaired) electrons. The van der Waals surface area contributed by atoms with E-state index in [-0.39, 0.29) is 4.90 Å². The molecule has 0 aliphatic rings. The lowest BCUT2D eigenvalue weighted by molar-refractivity contribution is 0.402. The van der Waals surface area contributed by atoms with E-state index in [0.29, 0.717) is 5.65 Å². The Balaban J connectivity index is 1.88. The number of benzene rings is 2. The van der Waals surface area contributed by atoms with Gasteiger partial charge in [0.15, 0.2) is 5.65 Å². The molecular formula is C23H22BrN3O2S. The van der Waals surface area contributed by atoms with E-state index in [2.05, 4.69) is 37.9 Å². The van der Waals surface area contributed by atoms with Crippen LogP contribution in [0.4, 0.5) is 0 Å². The van der Waals surface area contributed by atoms with Crippen LogP contribution in [0.15, 0.2) is 76.4 Å². The zero-order valence-corrected chi connectivity index (χ0v) is 19.4. The summed E-state index contributed by atoms with van der Waals surface area (Å²) in [5, 5.41) is 0.778. The van der Waals surface area contributed by atoms with Crippen molar-refractivity contribution in [1.29, 1.82) is 0 Å². The van der Waals surface area contributed by atoms with Gasteiger partial charge in [0, 0.05) is 34.4 Å². The van der Waals surface area contributed by atoms with Gasteiger partial charge in [0.1, 0.15) is 0 Å². The van der Waals surface area contributed by atoms with E-state index in [1.807, 2.05) is 39.2 Å². The second-order valence-corrected chi connectivity index (χ2v) is 10.3. The maximum absolute atomic E-state index is 13.4. The highest BCUT2D eigenvalue weighted by Crippen LogP contribution is 2.33. The van der Waals surface area contributed by atoms with Gasteiger partial charge in [-0.25, -0.2) is 17.4 Å². The minimum Gasteiger partial charge on any atom is -0.305 e. The Morgan fingerprint density at radius 2 is 1.70 bits per heavy atom. The molecule has 0 amide bonds. The number of pyridine rings is 1. The van der Waals surface area contributed by atoms with Crippen molar-refractivity contribution in [1.82, 2.24) is 13.9 Å². The van der Waals surface area contributed by atoms with Crippen LogP contribution in [0.1, 0.15) is 11.1 Å². The van der Waals surface area contributed by atoms with Gasteiger partial charge in [-0.05, 0) is 66.3 Å². The first-order chi connectivity index (χ1) is 14.3. The molecular weight excluding hydrogens is 462 g/mol. The summed E-state index contributed by atoms with van der Waals surface area (Å²) in [7, 11) is 0.283. The van der Waals surface area contributed by atoms with Crippen molar-refractivity contribution < 1.29 is 8.42 Å². The van der Waals surface area contributed by atoms with Gasteiger partial charge in [-0.3, -0.25) is 0 Å². The molecule has 2 heterocycles. The molecule has 0 atom stereocenters. The quantitative estimate of drug-likeness (QED) is 0.397. The maximum atomic E-state index is 13.4. The predicted molar refractivity (Wildman–Crippen MR) is 124 cm³/mol. The molecule has 0 fully saturated rings. The Hall–Kier alpha value is -2.48. The molecule has 0 saturated carbocycles. The molecule has 154 valence electrons. The fraction of sp³-hybridized carbons (Fsp3) is 0.174. The summed E-state index contributed by atoms with van der Waals surface area (Å²) in [6.45, 7) is 2.77. The number of aromatic nitrogens is 2. The van der Waals surface area contributed by atoms with Crippen LogP contribution in [0.3, 0.4) is 0 Å². The molecule has 5 nitrogen and oxygen atoms in total. The van der Waals surface area contributed by atoms with Crippen molar-refractivity contribution in [2.24, 2.45) is 0 Å². The Labute approximate surface area is 185 Å². The summed E-state index contributed by atoms with van der Waals surface area (Å²) in [5.41, 5.74) is 4.38.